The van der Waals surface area contributed by atoms with E-state index < -0.39 is 71.6 Å². The molecule has 2 atom stereocenters. The number of nitrogens with zero attached hydrogens (tertiary/aromatic N) is 4. The number of pyridine rings is 1. The predicted molar refractivity (Wildman–Crippen MR) is 134 cm³/mol. The summed E-state index contributed by atoms with van der Waals surface area (Å²) >= 11 is 0. The number of fused-ring (bicyclic) bond motifs is 1. The highest BCUT2D eigenvalue weighted by Crippen LogP contribution is 2.32. The number of rotatable bonds is 10. The molecule has 3 N–H and O–H groups in total. The minimum atomic E-state index is -4.98. The largest absolute Gasteiger partial charge is 0.428 e. The second-order valence-electron chi connectivity index (χ2n) is 9.20. The van der Waals surface area contributed by atoms with Crippen molar-refractivity contribution in [3.05, 3.63) is 75.1 Å². The molecule has 3 aromatic heterocycles. The van der Waals surface area contributed by atoms with Crippen LogP contribution in [0.4, 0.5) is 36.4 Å². The summed E-state index contributed by atoms with van der Waals surface area (Å²) in [6.07, 6.45) is -7.25. The van der Waals surface area contributed by atoms with Crippen molar-refractivity contribution in [2.75, 3.05) is 11.9 Å². The number of halogens is 7. The van der Waals surface area contributed by atoms with Crippen LogP contribution < -0.4 is 21.2 Å². The Morgan fingerprint density at radius 1 is 1.12 bits per heavy atom. The number of aliphatic hydroxyl groups is 1. The van der Waals surface area contributed by atoms with Crippen LogP contribution >= 0.6 is 0 Å². The van der Waals surface area contributed by atoms with Crippen LogP contribution in [0.3, 0.4) is 0 Å². The van der Waals surface area contributed by atoms with Gasteiger partial charge in [-0.2, -0.15) is 27.1 Å². The molecule has 0 saturated heterocycles. The van der Waals surface area contributed by atoms with Crippen LogP contribution in [0.15, 0.2) is 52.6 Å². The Balaban J connectivity index is 1.49. The van der Waals surface area contributed by atoms with Crippen LogP contribution in [0.5, 0.6) is 5.75 Å². The lowest BCUT2D eigenvalue weighted by atomic mass is 10.1. The maximum atomic E-state index is 14.9. The van der Waals surface area contributed by atoms with Gasteiger partial charge >= 0.3 is 12.3 Å². The number of nitrogens with one attached hydrogen (secondary N) is 2. The summed E-state index contributed by atoms with van der Waals surface area (Å²) in [5.41, 5.74) is -4.53. The molecule has 0 unspecified atom stereocenters. The number of aromatic nitrogens is 5. The first kappa shape index (κ1) is 30.4. The van der Waals surface area contributed by atoms with Crippen LogP contribution in [-0.4, -0.2) is 54.8 Å². The Morgan fingerprint density at radius 3 is 2.45 bits per heavy atom. The van der Waals surface area contributed by atoms with Crippen molar-refractivity contribution in [3.63, 3.8) is 0 Å². The molecule has 0 aliphatic carbocycles. The van der Waals surface area contributed by atoms with Gasteiger partial charge in [-0.3, -0.25) is 9.59 Å². The standard InChI is InChI=1S/C25H21F7N6O4/c1-12(36-19-9-35-37-22(40)20(19)25(30,31)32)4-14(26)10-38-3-2-13-5-17(18(27)6-16(13)23(38)41)21-33-7-15(8-34-21)42-24(28,29)11-39/h2-3,5-9,12,14,39H,4,10-11H2,1H3,(H2,36,37,40)/t12-,14-/m0/s1. The molecule has 3 heterocycles. The van der Waals surface area contributed by atoms with E-state index in [0.717, 1.165) is 29.2 Å². The van der Waals surface area contributed by atoms with Crippen molar-refractivity contribution in [2.24, 2.45) is 0 Å². The smallest absolute Gasteiger partial charge is 0.423 e. The highest BCUT2D eigenvalue weighted by atomic mass is 19.4. The highest BCUT2D eigenvalue weighted by Gasteiger charge is 2.37. The maximum Gasteiger partial charge on any atom is 0.423 e. The molecular weight excluding hydrogens is 581 g/mol. The molecular formula is C25H21F7N6O4. The van der Waals surface area contributed by atoms with Crippen molar-refractivity contribution in [1.82, 2.24) is 24.7 Å². The van der Waals surface area contributed by atoms with Gasteiger partial charge in [0, 0.05) is 18.7 Å². The number of aliphatic hydroxyl groups excluding tert-OH is 1. The fraction of sp³-hybridized carbons (Fsp3) is 0.320. The van der Waals surface area contributed by atoms with Gasteiger partial charge in [0.15, 0.2) is 11.6 Å². The first-order valence-electron chi connectivity index (χ1n) is 12.1. The lowest BCUT2D eigenvalue weighted by molar-refractivity contribution is -0.201. The van der Waals surface area contributed by atoms with E-state index >= 15 is 0 Å². The predicted octanol–water partition coefficient (Wildman–Crippen LogP) is 3.89. The summed E-state index contributed by atoms with van der Waals surface area (Å²) in [7, 11) is 0. The Kier molecular flexibility index (Phi) is 8.51. The van der Waals surface area contributed by atoms with Gasteiger partial charge in [-0.25, -0.2) is 23.8 Å². The first-order chi connectivity index (χ1) is 19.7. The summed E-state index contributed by atoms with van der Waals surface area (Å²) in [5.74, 6) is -1.64. The molecule has 17 heteroatoms. The molecule has 42 heavy (non-hydrogen) atoms. The molecule has 0 spiro atoms. The van der Waals surface area contributed by atoms with Crippen LogP contribution in [0.25, 0.3) is 22.2 Å². The Bertz CT molecular complexity index is 1690. The molecule has 0 radical (unpaired) electrons. The minimum Gasteiger partial charge on any atom is -0.428 e. The Morgan fingerprint density at radius 2 is 1.81 bits per heavy atom. The molecule has 10 nitrogen and oxygen atoms in total. The zero-order valence-electron chi connectivity index (χ0n) is 21.4. The number of hydrogen-bond donors (Lipinski definition) is 3. The third-order valence-electron chi connectivity index (χ3n) is 5.93. The molecule has 4 rings (SSSR count). The number of benzene rings is 1. The number of alkyl halides is 6. The van der Waals surface area contributed by atoms with E-state index in [2.05, 4.69) is 25.1 Å². The molecule has 0 bridgehead atoms. The zero-order valence-corrected chi connectivity index (χ0v) is 21.4. The number of ether oxygens (including phenoxy) is 1. The van der Waals surface area contributed by atoms with Crippen LogP contribution in [0, 0.1) is 5.82 Å². The first-order valence-corrected chi connectivity index (χ1v) is 12.1. The number of H-pyrrole nitrogens is 1. The van der Waals surface area contributed by atoms with Crippen LogP contribution in [0.2, 0.25) is 0 Å². The summed E-state index contributed by atoms with van der Waals surface area (Å²) < 4.78 is 101. The van der Waals surface area contributed by atoms with Gasteiger partial charge in [0.2, 0.25) is 0 Å². The molecule has 0 aliphatic rings. The van der Waals surface area contributed by atoms with E-state index in [-0.39, 0.29) is 28.6 Å². The number of anilines is 1. The molecule has 224 valence electrons. The lowest BCUT2D eigenvalue weighted by Crippen LogP contribution is -2.30. The van der Waals surface area contributed by atoms with Crippen LogP contribution in [-0.2, 0) is 12.7 Å². The third-order valence-corrected chi connectivity index (χ3v) is 5.93. The van der Waals surface area contributed by atoms with E-state index in [1.165, 1.54) is 25.3 Å². The van der Waals surface area contributed by atoms with Gasteiger partial charge in [0.25, 0.3) is 11.1 Å². The molecule has 1 aromatic carbocycles. The summed E-state index contributed by atoms with van der Waals surface area (Å²) in [5, 5.41) is 16.1. The summed E-state index contributed by atoms with van der Waals surface area (Å²) in [6, 6.07) is 2.60. The van der Waals surface area contributed by atoms with Gasteiger partial charge in [-0.15, -0.1) is 0 Å². The summed E-state index contributed by atoms with van der Waals surface area (Å²) in [6.45, 7) is -0.707. The van der Waals surface area contributed by atoms with E-state index in [0.29, 0.717) is 0 Å². The van der Waals surface area contributed by atoms with Crippen molar-refractivity contribution in [2.45, 2.75) is 44.4 Å². The number of aromatic amines is 1. The topological polar surface area (TPSA) is 135 Å². The fourth-order valence-electron chi connectivity index (χ4n) is 4.12. The normalized spacial score (nSPS) is 13.6. The highest BCUT2D eigenvalue weighted by molar-refractivity contribution is 5.86. The summed E-state index contributed by atoms with van der Waals surface area (Å²) in [4.78, 5) is 32.1. The average Bonchev–Trinajstić information content (AvgIpc) is 2.90. The van der Waals surface area contributed by atoms with Crippen LogP contribution in [0.1, 0.15) is 18.9 Å². The quantitative estimate of drug-likeness (QED) is 0.233. The maximum absolute atomic E-state index is 14.9. The van der Waals surface area contributed by atoms with Crippen molar-refractivity contribution >= 4 is 16.5 Å². The van der Waals surface area contributed by atoms with Gasteiger partial charge in [0.1, 0.15) is 24.2 Å². The average molecular weight is 602 g/mol. The molecule has 0 fully saturated rings. The SMILES string of the molecule is C[C@@H](C[C@H](F)Cn1ccc2cc(-c3ncc(OC(F)(F)CO)cn3)c(F)cc2c1=O)Nc1cn[nH]c(=O)c1C(F)(F)F. The molecule has 0 aliphatic heterocycles. The van der Waals surface area contributed by atoms with Crippen molar-refractivity contribution in [3.8, 4) is 17.1 Å². The Labute approximate surface area is 230 Å². The fourth-order valence-corrected chi connectivity index (χ4v) is 4.12. The van der Waals surface area contributed by atoms with Gasteiger partial charge < -0.3 is 19.7 Å². The monoisotopic (exact) mass is 602 g/mol. The van der Waals surface area contributed by atoms with E-state index in [4.69, 9.17) is 5.11 Å². The van der Waals surface area contributed by atoms with E-state index in [1.807, 2.05) is 0 Å². The van der Waals surface area contributed by atoms with Gasteiger partial charge in [-0.05, 0) is 30.5 Å². The van der Waals surface area contributed by atoms with E-state index in [1.54, 1.807) is 5.10 Å². The lowest BCUT2D eigenvalue weighted by Gasteiger charge is -2.20. The minimum absolute atomic E-state index is 0.121. The van der Waals surface area contributed by atoms with Crippen molar-refractivity contribution < 1.29 is 40.6 Å². The second kappa shape index (κ2) is 11.8. The molecule has 0 saturated carbocycles. The van der Waals surface area contributed by atoms with Gasteiger partial charge in [-0.1, -0.05) is 0 Å². The molecule has 0 amide bonds. The number of hydrogen-bond acceptors (Lipinski definition) is 8. The second-order valence-corrected chi connectivity index (χ2v) is 9.20. The molecule has 4 aromatic rings. The zero-order chi connectivity index (χ0) is 30.8. The van der Waals surface area contributed by atoms with E-state index in [9.17, 15) is 40.3 Å². The van der Waals surface area contributed by atoms with Crippen molar-refractivity contribution in [1.29, 1.82) is 0 Å². The third kappa shape index (κ3) is 6.84. The Hall–Kier alpha value is -4.54. The van der Waals surface area contributed by atoms with Gasteiger partial charge in [0.05, 0.1) is 41.8 Å².